The molecule has 13 heavy (non-hydrogen) atoms. The van der Waals surface area contributed by atoms with Crippen molar-refractivity contribution < 1.29 is 9.53 Å². The number of hydrogen-bond acceptors (Lipinski definition) is 2. The quantitative estimate of drug-likeness (QED) is 0.441. The highest BCUT2D eigenvalue weighted by molar-refractivity contribution is 7.16. The second kappa shape index (κ2) is 5.21. The van der Waals surface area contributed by atoms with Crippen LogP contribution < -0.4 is 0 Å². The largest absolute Gasteiger partial charge is 0.458 e. The molecule has 0 fully saturated rings. The summed E-state index contributed by atoms with van der Waals surface area (Å²) in [5.74, 6) is 0.148. The highest BCUT2D eigenvalue weighted by Gasteiger charge is 2.04. The molecular weight excluding hydrogens is 207 g/mol. The van der Waals surface area contributed by atoms with Crippen molar-refractivity contribution >= 4 is 26.8 Å². The Balaban J connectivity index is 2.74. The minimum absolute atomic E-state index is 0.309. The summed E-state index contributed by atoms with van der Waals surface area (Å²) in [4.78, 5) is 11.2. The van der Waals surface area contributed by atoms with Gasteiger partial charge >= 0.3 is 5.97 Å². The number of alkyl halides is 1. The first-order valence-corrected chi connectivity index (χ1v) is 5.15. The summed E-state index contributed by atoms with van der Waals surface area (Å²) in [6.07, 6.45) is 0.316. The third-order valence-electron chi connectivity index (χ3n) is 1.56. The smallest absolute Gasteiger partial charge is 0.338 e. The Morgan fingerprint density at radius 2 is 2.00 bits per heavy atom. The molecule has 1 rings (SSSR count). The zero-order valence-corrected chi connectivity index (χ0v) is 8.91. The van der Waals surface area contributed by atoms with Crippen molar-refractivity contribution in [3.63, 3.8) is 0 Å². The number of carbonyl (C=O) groups excluding carboxylic acids is 1. The maximum atomic E-state index is 11.2. The minimum Gasteiger partial charge on any atom is -0.458 e. The first kappa shape index (κ1) is 10.5. The molecule has 1 unspecified atom stereocenters. The van der Waals surface area contributed by atoms with Crippen LogP contribution in [0, 0.1) is 0 Å². The molecule has 0 aromatic heterocycles. The van der Waals surface area contributed by atoms with Gasteiger partial charge in [-0.05, 0) is 17.7 Å². The molecule has 0 radical (unpaired) electrons. The molecule has 0 heterocycles. The lowest BCUT2D eigenvalue weighted by Gasteiger charge is -2.01. The molecule has 0 amide bonds. The molecule has 0 spiro atoms. The van der Waals surface area contributed by atoms with Crippen LogP contribution in [0.4, 0.5) is 0 Å². The first-order valence-electron chi connectivity index (χ1n) is 3.80. The Bertz CT molecular complexity index is 284. The number of ether oxygens (including phenoxy) is 1. The summed E-state index contributed by atoms with van der Waals surface area (Å²) in [5, 5.41) is 0. The van der Waals surface area contributed by atoms with E-state index >= 15 is 0 Å². The van der Waals surface area contributed by atoms with E-state index in [1.165, 1.54) is 0 Å². The van der Waals surface area contributed by atoms with Crippen LogP contribution in [0.25, 0.3) is 0 Å². The van der Waals surface area contributed by atoms with Gasteiger partial charge in [0.2, 0.25) is 0 Å². The molecule has 1 aromatic carbocycles. The molecule has 0 bridgehead atoms. The van der Waals surface area contributed by atoms with Crippen LogP contribution in [-0.4, -0.2) is 12.3 Å². The van der Waals surface area contributed by atoms with E-state index in [1.54, 1.807) is 12.1 Å². The third kappa shape index (κ3) is 2.98. The zero-order valence-electron chi connectivity index (χ0n) is 7.00. The van der Waals surface area contributed by atoms with Gasteiger partial charge in [0, 0.05) is 5.88 Å². The summed E-state index contributed by atoms with van der Waals surface area (Å²) < 4.78 is 4.79. The molecule has 1 aromatic rings. The van der Waals surface area contributed by atoms with Gasteiger partial charge in [0.25, 0.3) is 0 Å². The number of benzene rings is 1. The fraction of sp³-hybridized carbons (Fsp3) is 0.222. The Morgan fingerprint density at radius 1 is 1.38 bits per heavy atom. The summed E-state index contributed by atoms with van der Waals surface area (Å²) in [6, 6.07) is 7.04. The Hall–Kier alpha value is -0.590. The maximum absolute atomic E-state index is 11.2. The predicted octanol–water partition coefficient (Wildman–Crippen LogP) is 2.41. The summed E-state index contributed by atoms with van der Waals surface area (Å²) in [6.45, 7) is 0. The third-order valence-corrected chi connectivity index (χ3v) is 2.03. The monoisotopic (exact) mass is 216 g/mol. The van der Waals surface area contributed by atoms with Crippen molar-refractivity contribution in [2.45, 2.75) is 5.88 Å². The SMILES string of the molecule is O=C(OCP)c1ccc(CCl)cc1. The number of halogens is 1. The van der Waals surface area contributed by atoms with Crippen LogP contribution >= 0.6 is 20.8 Å². The number of rotatable bonds is 3. The van der Waals surface area contributed by atoms with E-state index in [9.17, 15) is 4.79 Å². The van der Waals surface area contributed by atoms with Gasteiger partial charge in [-0.1, -0.05) is 21.4 Å². The molecule has 0 saturated heterocycles. The van der Waals surface area contributed by atoms with Crippen LogP contribution in [0.3, 0.4) is 0 Å². The predicted molar refractivity (Wildman–Crippen MR) is 56.0 cm³/mol. The molecule has 1 atom stereocenters. The molecule has 0 aliphatic carbocycles. The topological polar surface area (TPSA) is 26.3 Å². The number of esters is 1. The van der Waals surface area contributed by atoms with Crippen molar-refractivity contribution in [2.75, 3.05) is 6.35 Å². The molecule has 0 aliphatic heterocycles. The van der Waals surface area contributed by atoms with E-state index in [4.69, 9.17) is 16.3 Å². The Labute approximate surface area is 84.4 Å². The lowest BCUT2D eigenvalue weighted by atomic mass is 10.1. The fourth-order valence-electron chi connectivity index (χ4n) is 0.889. The molecule has 0 N–H and O–H groups in total. The van der Waals surface area contributed by atoms with Crippen molar-refractivity contribution in [1.82, 2.24) is 0 Å². The minimum atomic E-state index is -0.309. The van der Waals surface area contributed by atoms with Crippen molar-refractivity contribution in [2.24, 2.45) is 0 Å². The molecule has 70 valence electrons. The highest BCUT2D eigenvalue weighted by Crippen LogP contribution is 2.08. The van der Waals surface area contributed by atoms with Gasteiger partial charge in [-0.15, -0.1) is 11.6 Å². The van der Waals surface area contributed by atoms with Gasteiger partial charge in [-0.25, -0.2) is 4.79 Å². The Kier molecular flexibility index (Phi) is 4.20. The van der Waals surface area contributed by atoms with E-state index in [-0.39, 0.29) is 5.97 Å². The average molecular weight is 217 g/mol. The molecule has 4 heteroatoms. The lowest BCUT2D eigenvalue weighted by Crippen LogP contribution is -2.02. The second-order valence-electron chi connectivity index (χ2n) is 2.43. The van der Waals surface area contributed by atoms with Crippen LogP contribution in [0.1, 0.15) is 15.9 Å². The van der Waals surface area contributed by atoms with Crippen LogP contribution in [0.2, 0.25) is 0 Å². The van der Waals surface area contributed by atoms with Gasteiger partial charge in [-0.2, -0.15) is 0 Å². The highest BCUT2D eigenvalue weighted by atomic mass is 35.5. The number of carbonyl (C=O) groups is 1. The molecule has 0 saturated carbocycles. The second-order valence-corrected chi connectivity index (χ2v) is 3.03. The first-order chi connectivity index (χ1) is 6.27. The van der Waals surface area contributed by atoms with E-state index < -0.39 is 0 Å². The standard InChI is InChI=1S/C9H10ClO2P/c10-5-7-1-3-8(4-2-7)9(11)12-6-13/h1-4H,5-6,13H2. The van der Waals surface area contributed by atoms with Gasteiger partial charge < -0.3 is 4.74 Å². The Morgan fingerprint density at radius 3 is 2.46 bits per heavy atom. The molecule has 0 aliphatic rings. The van der Waals surface area contributed by atoms with E-state index in [0.29, 0.717) is 17.8 Å². The summed E-state index contributed by atoms with van der Waals surface area (Å²) >= 11 is 5.60. The van der Waals surface area contributed by atoms with Crippen molar-refractivity contribution in [3.05, 3.63) is 35.4 Å². The van der Waals surface area contributed by atoms with Crippen LogP contribution in [-0.2, 0) is 10.6 Å². The van der Waals surface area contributed by atoms with Gasteiger partial charge in [0.05, 0.1) is 5.56 Å². The van der Waals surface area contributed by atoms with E-state index in [2.05, 4.69) is 9.24 Å². The van der Waals surface area contributed by atoms with Gasteiger partial charge in [0.1, 0.15) is 6.35 Å². The van der Waals surface area contributed by atoms with Gasteiger partial charge in [-0.3, -0.25) is 0 Å². The van der Waals surface area contributed by atoms with Crippen LogP contribution in [0.15, 0.2) is 24.3 Å². The normalized spacial score (nSPS) is 9.69. The van der Waals surface area contributed by atoms with Crippen molar-refractivity contribution in [1.29, 1.82) is 0 Å². The average Bonchev–Trinajstić information content (AvgIpc) is 2.18. The maximum Gasteiger partial charge on any atom is 0.338 e. The number of hydrogen-bond donors (Lipinski definition) is 0. The lowest BCUT2D eigenvalue weighted by molar-refractivity contribution is 0.0578. The van der Waals surface area contributed by atoms with E-state index in [1.807, 2.05) is 12.1 Å². The van der Waals surface area contributed by atoms with Crippen LogP contribution in [0.5, 0.6) is 0 Å². The van der Waals surface area contributed by atoms with Crippen molar-refractivity contribution in [3.8, 4) is 0 Å². The molecular formula is C9H10ClO2P. The summed E-state index contributed by atoms with van der Waals surface area (Å²) in [7, 11) is 2.33. The fourth-order valence-corrected chi connectivity index (χ4v) is 1.22. The molecule has 2 nitrogen and oxygen atoms in total. The van der Waals surface area contributed by atoms with E-state index in [0.717, 1.165) is 5.56 Å². The van der Waals surface area contributed by atoms with Gasteiger partial charge in [0.15, 0.2) is 0 Å². The summed E-state index contributed by atoms with van der Waals surface area (Å²) in [5.41, 5.74) is 1.54. The zero-order chi connectivity index (χ0) is 9.68.